The van der Waals surface area contributed by atoms with Crippen molar-refractivity contribution in [3.8, 4) is 0 Å². The van der Waals surface area contributed by atoms with E-state index in [9.17, 15) is 14.0 Å². The minimum Gasteiger partial charge on any atom is -0.377 e. The highest BCUT2D eigenvalue weighted by Gasteiger charge is 2.29. The Balaban J connectivity index is 1.90. The van der Waals surface area contributed by atoms with Crippen LogP contribution in [-0.2, 0) is 22.7 Å². The van der Waals surface area contributed by atoms with Crippen molar-refractivity contribution in [3.63, 3.8) is 0 Å². The van der Waals surface area contributed by atoms with Crippen LogP contribution in [0.4, 0.5) is 15.8 Å². The van der Waals surface area contributed by atoms with E-state index in [4.69, 9.17) is 0 Å². The summed E-state index contributed by atoms with van der Waals surface area (Å²) in [6, 6.07) is 12.2. The molecule has 3 rings (SSSR count). The van der Waals surface area contributed by atoms with Crippen LogP contribution in [0.15, 0.2) is 42.5 Å². The molecule has 1 aliphatic rings. The number of carbonyl (C=O) groups is 2. The van der Waals surface area contributed by atoms with Gasteiger partial charge in [0.25, 0.3) is 0 Å². The molecule has 0 bridgehead atoms. The predicted molar refractivity (Wildman–Crippen MR) is 127 cm³/mol. The van der Waals surface area contributed by atoms with Crippen molar-refractivity contribution in [2.45, 2.75) is 53.1 Å². The van der Waals surface area contributed by atoms with Crippen molar-refractivity contribution < 1.29 is 14.0 Å². The lowest BCUT2D eigenvalue weighted by atomic mass is 9.85. The van der Waals surface area contributed by atoms with Crippen LogP contribution in [0.3, 0.4) is 0 Å². The zero-order valence-corrected chi connectivity index (χ0v) is 19.7. The van der Waals surface area contributed by atoms with Gasteiger partial charge >= 0.3 is 0 Å². The summed E-state index contributed by atoms with van der Waals surface area (Å²) in [6.45, 7) is 6.31. The van der Waals surface area contributed by atoms with Crippen LogP contribution in [0.25, 0.3) is 0 Å². The molecule has 172 valence electrons. The quantitative estimate of drug-likeness (QED) is 0.645. The molecule has 0 atom stereocenters. The molecule has 5 nitrogen and oxygen atoms in total. The van der Waals surface area contributed by atoms with E-state index in [1.54, 1.807) is 11.0 Å². The molecule has 6 heteroatoms. The molecule has 1 N–H and O–H groups in total. The average molecular weight is 440 g/mol. The van der Waals surface area contributed by atoms with Crippen molar-refractivity contribution in [3.05, 3.63) is 59.4 Å². The van der Waals surface area contributed by atoms with Gasteiger partial charge in [0.05, 0.1) is 0 Å². The van der Waals surface area contributed by atoms with Crippen molar-refractivity contribution in [2.75, 3.05) is 24.3 Å². The van der Waals surface area contributed by atoms with Crippen LogP contribution in [0.2, 0.25) is 0 Å². The number of carbonyl (C=O) groups excluding carboxylic acids is 2. The largest absolute Gasteiger partial charge is 0.377 e. The van der Waals surface area contributed by atoms with E-state index in [1.165, 1.54) is 12.1 Å². The molecule has 1 saturated carbocycles. The second-order valence-corrected chi connectivity index (χ2v) is 9.90. The lowest BCUT2D eigenvalue weighted by molar-refractivity contribution is -0.140. The van der Waals surface area contributed by atoms with Crippen LogP contribution in [0.5, 0.6) is 0 Å². The fourth-order valence-electron chi connectivity index (χ4n) is 3.88. The maximum Gasteiger partial charge on any atom is 0.228 e. The number of rotatable bonds is 7. The number of nitrogens with zero attached hydrogens (tertiary/aromatic N) is 2. The first kappa shape index (κ1) is 23.8. The van der Waals surface area contributed by atoms with E-state index in [2.05, 4.69) is 5.32 Å². The van der Waals surface area contributed by atoms with Crippen LogP contribution in [0.1, 0.15) is 51.2 Å². The molecule has 2 aromatic rings. The minimum atomic E-state index is -0.582. The number of anilines is 2. The summed E-state index contributed by atoms with van der Waals surface area (Å²) in [5, 5.41) is 3.03. The third-order valence-electron chi connectivity index (χ3n) is 5.86. The highest BCUT2D eigenvalue weighted by molar-refractivity contribution is 5.93. The standard InChI is InChI=1S/C26H34FN3O2/c1-26(2,3)25(32)30(16-18-8-6-11-21(27)14-18)17-20-15-22(12-13-23(20)29(4)5)28-24(31)19-9-7-10-19/h6,8,11-15,19H,7,9-10,16-17H2,1-5H3,(H,28,31). The van der Waals surface area contributed by atoms with E-state index >= 15 is 0 Å². The number of amides is 2. The van der Waals surface area contributed by atoms with E-state index in [0.29, 0.717) is 13.1 Å². The summed E-state index contributed by atoms with van der Waals surface area (Å²) >= 11 is 0. The van der Waals surface area contributed by atoms with Gasteiger partial charge < -0.3 is 15.1 Å². The van der Waals surface area contributed by atoms with Gasteiger partial charge in [-0.1, -0.05) is 39.3 Å². The van der Waals surface area contributed by atoms with Gasteiger partial charge in [-0.3, -0.25) is 9.59 Å². The van der Waals surface area contributed by atoms with Gasteiger partial charge in [0.1, 0.15) is 5.82 Å². The number of hydrogen-bond donors (Lipinski definition) is 1. The lowest BCUT2D eigenvalue weighted by Crippen LogP contribution is -2.39. The molecule has 1 fully saturated rings. The Hall–Kier alpha value is -2.89. The topological polar surface area (TPSA) is 52.7 Å². The first-order chi connectivity index (χ1) is 15.0. The van der Waals surface area contributed by atoms with Crippen LogP contribution >= 0.6 is 0 Å². The van der Waals surface area contributed by atoms with Gasteiger partial charge in [-0.25, -0.2) is 4.39 Å². The van der Waals surface area contributed by atoms with Gasteiger partial charge in [-0.2, -0.15) is 0 Å². The molecule has 2 amide bonds. The fraction of sp³-hybridized carbons (Fsp3) is 0.462. The van der Waals surface area contributed by atoms with E-state index in [1.807, 2.05) is 64.0 Å². The van der Waals surface area contributed by atoms with Gasteiger partial charge in [-0.15, -0.1) is 0 Å². The highest BCUT2D eigenvalue weighted by Crippen LogP contribution is 2.30. The van der Waals surface area contributed by atoms with Crippen LogP contribution < -0.4 is 10.2 Å². The molecule has 0 aromatic heterocycles. The SMILES string of the molecule is CN(C)c1ccc(NC(=O)C2CCC2)cc1CN(Cc1cccc(F)c1)C(=O)C(C)(C)C. The Morgan fingerprint density at radius 3 is 2.34 bits per heavy atom. The van der Waals surface area contributed by atoms with Crippen molar-refractivity contribution in [1.82, 2.24) is 4.90 Å². The zero-order chi connectivity index (χ0) is 23.5. The Labute approximate surface area is 190 Å². The van der Waals surface area contributed by atoms with Crippen molar-refractivity contribution in [2.24, 2.45) is 11.3 Å². The van der Waals surface area contributed by atoms with Gasteiger partial charge in [-0.05, 0) is 54.3 Å². The number of benzene rings is 2. The summed E-state index contributed by atoms with van der Waals surface area (Å²) in [5.74, 6) is -0.183. The number of nitrogens with one attached hydrogen (secondary N) is 1. The summed E-state index contributed by atoms with van der Waals surface area (Å²) in [4.78, 5) is 29.5. The normalized spacial score (nSPS) is 13.9. The predicted octanol–water partition coefficient (Wildman–Crippen LogP) is 5.21. The fourth-order valence-corrected chi connectivity index (χ4v) is 3.88. The Morgan fingerprint density at radius 2 is 1.78 bits per heavy atom. The summed E-state index contributed by atoms with van der Waals surface area (Å²) in [6.07, 6.45) is 2.98. The van der Waals surface area contributed by atoms with E-state index in [-0.39, 0.29) is 23.5 Å². The second-order valence-electron chi connectivity index (χ2n) is 9.90. The number of halogens is 1. The molecule has 0 heterocycles. The Bertz CT molecular complexity index is 977. The molecule has 32 heavy (non-hydrogen) atoms. The third kappa shape index (κ3) is 5.87. The molecular formula is C26H34FN3O2. The summed E-state index contributed by atoms with van der Waals surface area (Å²) in [5.41, 5.74) is 2.79. The average Bonchev–Trinajstić information content (AvgIpc) is 2.64. The summed E-state index contributed by atoms with van der Waals surface area (Å²) < 4.78 is 13.8. The third-order valence-corrected chi connectivity index (χ3v) is 5.86. The van der Waals surface area contributed by atoms with Crippen LogP contribution in [0, 0.1) is 17.2 Å². The smallest absolute Gasteiger partial charge is 0.228 e. The van der Waals surface area contributed by atoms with E-state index < -0.39 is 5.41 Å². The second kappa shape index (κ2) is 9.72. The molecular weight excluding hydrogens is 405 g/mol. The van der Waals surface area contributed by atoms with Gasteiger partial charge in [0, 0.05) is 49.9 Å². The Morgan fingerprint density at radius 1 is 1.06 bits per heavy atom. The maximum absolute atomic E-state index is 13.8. The van der Waals surface area contributed by atoms with E-state index in [0.717, 1.165) is 41.8 Å². The van der Waals surface area contributed by atoms with Crippen molar-refractivity contribution >= 4 is 23.2 Å². The minimum absolute atomic E-state index is 0.0182. The molecule has 0 aliphatic heterocycles. The molecule has 2 aromatic carbocycles. The van der Waals surface area contributed by atoms with Gasteiger partial charge in [0.15, 0.2) is 0 Å². The monoisotopic (exact) mass is 439 g/mol. The molecule has 0 radical (unpaired) electrons. The lowest BCUT2D eigenvalue weighted by Gasteiger charge is -2.31. The maximum atomic E-state index is 13.8. The van der Waals surface area contributed by atoms with Crippen molar-refractivity contribution in [1.29, 1.82) is 0 Å². The van der Waals surface area contributed by atoms with Gasteiger partial charge in [0.2, 0.25) is 11.8 Å². The molecule has 0 spiro atoms. The number of hydrogen-bond acceptors (Lipinski definition) is 3. The first-order valence-electron chi connectivity index (χ1n) is 11.2. The van der Waals surface area contributed by atoms with Crippen LogP contribution in [-0.4, -0.2) is 30.8 Å². The summed E-state index contributed by atoms with van der Waals surface area (Å²) in [7, 11) is 3.90. The Kier molecular flexibility index (Phi) is 7.22. The molecule has 1 aliphatic carbocycles. The highest BCUT2D eigenvalue weighted by atomic mass is 19.1. The zero-order valence-electron chi connectivity index (χ0n) is 19.7. The molecule has 0 unspecified atom stereocenters. The molecule has 0 saturated heterocycles. The first-order valence-corrected chi connectivity index (χ1v) is 11.2.